The Hall–Kier alpha value is -1.44. The molecular formula is C13H19NO5S. The molecule has 1 rings (SSSR count). The maximum Gasteiger partial charge on any atom is 0.322 e. The first-order chi connectivity index (χ1) is 9.46. The molecule has 0 aliphatic carbocycles. The Labute approximate surface area is 118 Å². The van der Waals surface area contributed by atoms with Crippen molar-refractivity contribution in [3.8, 4) is 0 Å². The molecule has 0 aliphatic heterocycles. The fourth-order valence-corrected chi connectivity index (χ4v) is 2.84. The van der Waals surface area contributed by atoms with Crippen molar-refractivity contribution in [2.75, 3.05) is 19.0 Å². The van der Waals surface area contributed by atoms with Crippen molar-refractivity contribution >= 4 is 16.0 Å². The molecule has 0 saturated heterocycles. The number of aliphatic hydroxyl groups excluding tert-OH is 1. The lowest BCUT2D eigenvalue weighted by molar-refractivity contribution is -0.139. The minimum atomic E-state index is -3.82. The van der Waals surface area contributed by atoms with Crippen LogP contribution in [0.3, 0.4) is 0 Å². The number of carbonyl (C=O) groups excluding carboxylic acids is 1. The molecule has 6 nitrogen and oxygen atoms in total. The Bertz CT molecular complexity index is 515. The van der Waals surface area contributed by atoms with Crippen molar-refractivity contribution in [1.82, 2.24) is 4.72 Å². The van der Waals surface area contributed by atoms with Crippen molar-refractivity contribution < 1.29 is 23.1 Å². The molecule has 0 bridgehead atoms. The third kappa shape index (κ3) is 6.14. The third-order valence-corrected chi connectivity index (χ3v) is 3.81. The number of nitrogens with one attached hydrogen (secondary N) is 1. The highest BCUT2D eigenvalue weighted by molar-refractivity contribution is 7.90. The lowest BCUT2D eigenvalue weighted by Gasteiger charge is -2.16. The summed E-state index contributed by atoms with van der Waals surface area (Å²) >= 11 is 0. The molecule has 0 saturated carbocycles. The Morgan fingerprint density at radius 3 is 2.55 bits per heavy atom. The summed E-state index contributed by atoms with van der Waals surface area (Å²) in [5.41, 5.74) is 0.894. The van der Waals surface area contributed by atoms with Gasteiger partial charge in [-0.25, -0.2) is 13.1 Å². The van der Waals surface area contributed by atoms with Crippen molar-refractivity contribution in [2.24, 2.45) is 0 Å². The number of hydrogen-bond acceptors (Lipinski definition) is 5. The third-order valence-electron chi connectivity index (χ3n) is 2.50. The number of carbonyl (C=O) groups is 1. The highest BCUT2D eigenvalue weighted by atomic mass is 32.2. The Balaban J connectivity index is 2.61. The van der Waals surface area contributed by atoms with Crippen molar-refractivity contribution in [2.45, 2.75) is 19.4 Å². The molecule has 0 heterocycles. The van der Waals surface area contributed by atoms with Gasteiger partial charge in [-0.1, -0.05) is 30.3 Å². The van der Waals surface area contributed by atoms with E-state index in [1.54, 1.807) is 6.92 Å². The molecule has 1 unspecified atom stereocenters. The van der Waals surface area contributed by atoms with Gasteiger partial charge in [-0.05, 0) is 18.9 Å². The molecule has 112 valence electrons. The predicted octanol–water partition coefficient (Wildman–Crippen LogP) is 0.0725. The number of sulfonamides is 1. The summed E-state index contributed by atoms with van der Waals surface area (Å²) in [7, 11) is -3.82. The number of rotatable bonds is 8. The van der Waals surface area contributed by atoms with Crippen molar-refractivity contribution in [3.63, 3.8) is 0 Å². The molecular weight excluding hydrogens is 282 g/mol. The van der Waals surface area contributed by atoms with E-state index in [1.807, 2.05) is 30.3 Å². The first kappa shape index (κ1) is 16.6. The average molecular weight is 301 g/mol. The molecule has 2 N–H and O–H groups in total. The molecule has 0 radical (unpaired) electrons. The van der Waals surface area contributed by atoms with E-state index in [0.717, 1.165) is 5.56 Å². The van der Waals surface area contributed by atoms with Gasteiger partial charge >= 0.3 is 5.97 Å². The van der Waals surface area contributed by atoms with E-state index in [1.165, 1.54) is 0 Å². The minimum absolute atomic E-state index is 0.127. The van der Waals surface area contributed by atoms with Gasteiger partial charge in [0.1, 0.15) is 0 Å². The lowest BCUT2D eigenvalue weighted by atomic mass is 10.1. The smallest absolute Gasteiger partial charge is 0.322 e. The highest BCUT2D eigenvalue weighted by Crippen LogP contribution is 2.04. The fourth-order valence-electron chi connectivity index (χ4n) is 1.70. The first-order valence-corrected chi connectivity index (χ1v) is 7.92. The molecule has 1 atom stereocenters. The summed E-state index contributed by atoms with van der Waals surface area (Å²) in [4.78, 5) is 11.2. The van der Waals surface area contributed by atoms with Crippen LogP contribution in [0.1, 0.15) is 12.5 Å². The van der Waals surface area contributed by atoms with Gasteiger partial charge in [-0.15, -0.1) is 0 Å². The number of benzene rings is 1. The Morgan fingerprint density at radius 1 is 1.35 bits per heavy atom. The summed E-state index contributed by atoms with van der Waals surface area (Å²) in [6, 6.07) is 8.51. The number of ether oxygens (including phenoxy) is 1. The maximum absolute atomic E-state index is 11.8. The molecule has 0 fully saturated rings. The second-order valence-corrected chi connectivity index (χ2v) is 6.01. The molecule has 20 heavy (non-hydrogen) atoms. The summed E-state index contributed by atoms with van der Waals surface area (Å²) < 4.78 is 30.4. The molecule has 0 amide bonds. The SMILES string of the molecule is CCOC(=O)CS(=O)(=O)NC(CO)Cc1ccccc1. The van der Waals surface area contributed by atoms with Gasteiger partial charge in [0.2, 0.25) is 10.0 Å². The van der Waals surface area contributed by atoms with E-state index in [9.17, 15) is 18.3 Å². The highest BCUT2D eigenvalue weighted by Gasteiger charge is 2.21. The van der Waals surface area contributed by atoms with Crippen LogP contribution in [0.4, 0.5) is 0 Å². The first-order valence-electron chi connectivity index (χ1n) is 6.27. The van der Waals surface area contributed by atoms with Gasteiger partial charge in [0.15, 0.2) is 5.75 Å². The van der Waals surface area contributed by atoms with Crippen LogP contribution in [0, 0.1) is 0 Å². The second-order valence-electron chi connectivity index (χ2n) is 4.25. The van der Waals surface area contributed by atoms with E-state index in [-0.39, 0.29) is 13.2 Å². The fraction of sp³-hybridized carbons (Fsp3) is 0.462. The van der Waals surface area contributed by atoms with Gasteiger partial charge in [0.05, 0.1) is 13.2 Å². The van der Waals surface area contributed by atoms with Gasteiger partial charge in [0, 0.05) is 6.04 Å². The zero-order chi connectivity index (χ0) is 15.0. The molecule has 0 aromatic heterocycles. The summed E-state index contributed by atoms with van der Waals surface area (Å²) in [6.07, 6.45) is 0.347. The average Bonchev–Trinajstić information content (AvgIpc) is 2.38. The molecule has 1 aromatic rings. The van der Waals surface area contributed by atoms with E-state index >= 15 is 0 Å². The van der Waals surface area contributed by atoms with Gasteiger partial charge < -0.3 is 9.84 Å². The van der Waals surface area contributed by atoms with Crippen LogP contribution in [0.5, 0.6) is 0 Å². The molecule has 0 aliphatic rings. The van der Waals surface area contributed by atoms with Crippen LogP contribution >= 0.6 is 0 Å². The summed E-state index contributed by atoms with van der Waals surface area (Å²) in [5, 5.41) is 9.25. The second kappa shape index (κ2) is 7.98. The Morgan fingerprint density at radius 2 is 2.00 bits per heavy atom. The maximum atomic E-state index is 11.8. The van der Waals surface area contributed by atoms with Crippen LogP contribution in [-0.4, -0.2) is 44.5 Å². The Kier molecular flexibility index (Phi) is 6.63. The van der Waals surface area contributed by atoms with Gasteiger partial charge in [0.25, 0.3) is 0 Å². The quantitative estimate of drug-likeness (QED) is 0.663. The largest absolute Gasteiger partial charge is 0.465 e. The minimum Gasteiger partial charge on any atom is -0.465 e. The van der Waals surface area contributed by atoms with Crippen LogP contribution in [0.15, 0.2) is 30.3 Å². The van der Waals surface area contributed by atoms with E-state index in [4.69, 9.17) is 0 Å². The summed E-state index contributed by atoms with van der Waals surface area (Å²) in [6.45, 7) is 1.38. The number of hydrogen-bond donors (Lipinski definition) is 2. The predicted molar refractivity (Wildman–Crippen MR) is 74.6 cm³/mol. The van der Waals surface area contributed by atoms with Crippen LogP contribution in [0.25, 0.3) is 0 Å². The standard InChI is InChI=1S/C13H19NO5S/c1-2-19-13(16)10-20(17,18)14-12(9-15)8-11-6-4-3-5-7-11/h3-7,12,14-15H,2,8-10H2,1H3. The lowest BCUT2D eigenvalue weighted by Crippen LogP contribution is -2.41. The van der Waals surface area contributed by atoms with Gasteiger partial charge in [-0.2, -0.15) is 0 Å². The number of esters is 1. The van der Waals surface area contributed by atoms with Crippen molar-refractivity contribution in [1.29, 1.82) is 0 Å². The van der Waals surface area contributed by atoms with E-state index in [0.29, 0.717) is 6.42 Å². The van der Waals surface area contributed by atoms with E-state index in [2.05, 4.69) is 9.46 Å². The van der Waals surface area contributed by atoms with Gasteiger partial charge in [-0.3, -0.25) is 4.79 Å². The van der Waals surface area contributed by atoms with E-state index < -0.39 is 27.8 Å². The van der Waals surface area contributed by atoms with Crippen LogP contribution in [0.2, 0.25) is 0 Å². The molecule has 1 aromatic carbocycles. The topological polar surface area (TPSA) is 92.7 Å². The monoisotopic (exact) mass is 301 g/mol. The number of aliphatic hydroxyl groups is 1. The molecule has 7 heteroatoms. The normalized spacial score (nSPS) is 12.9. The zero-order valence-electron chi connectivity index (χ0n) is 11.3. The molecule has 0 spiro atoms. The summed E-state index contributed by atoms with van der Waals surface area (Å²) in [5.74, 6) is -1.55. The van der Waals surface area contributed by atoms with Crippen molar-refractivity contribution in [3.05, 3.63) is 35.9 Å². The van der Waals surface area contributed by atoms with Crippen LogP contribution < -0.4 is 4.72 Å². The zero-order valence-corrected chi connectivity index (χ0v) is 12.1. The van der Waals surface area contributed by atoms with Crippen LogP contribution in [-0.2, 0) is 26.0 Å².